The van der Waals surface area contributed by atoms with Crippen LogP contribution in [-0.4, -0.2) is 70.4 Å². The molecule has 7 atom stereocenters. The molecule has 7 heteroatoms. The highest BCUT2D eigenvalue weighted by Crippen LogP contribution is 2.50. The second kappa shape index (κ2) is 18.0. The molecule has 2 N–H and O–H groups in total. The molecule has 1 amide bonds. The number of amides is 1. The van der Waals surface area contributed by atoms with Crippen molar-refractivity contribution in [2.45, 2.75) is 135 Å². The summed E-state index contributed by atoms with van der Waals surface area (Å²) >= 11 is 1.67. The third kappa shape index (κ3) is 10.5. The number of carbonyl (C=O) groups is 1. The first-order valence-electron chi connectivity index (χ1n) is 15.8. The van der Waals surface area contributed by atoms with Gasteiger partial charge in [-0.1, -0.05) is 58.8 Å². The summed E-state index contributed by atoms with van der Waals surface area (Å²) in [4.78, 5) is 13.5. The van der Waals surface area contributed by atoms with Crippen molar-refractivity contribution in [2.75, 3.05) is 32.1 Å². The van der Waals surface area contributed by atoms with Crippen LogP contribution in [0.5, 0.6) is 0 Å². The summed E-state index contributed by atoms with van der Waals surface area (Å²) in [6.45, 7) is 12.8. The summed E-state index contributed by atoms with van der Waals surface area (Å²) in [5.41, 5.74) is -1.23. The molecule has 1 heterocycles. The van der Waals surface area contributed by atoms with Gasteiger partial charge in [-0.25, -0.2) is 4.79 Å². The fraction of sp³-hybridized carbons (Fsp3) is 0.968. The van der Waals surface area contributed by atoms with Gasteiger partial charge in [0.25, 0.3) is 0 Å². The third-order valence-corrected chi connectivity index (χ3v) is 10.6. The molecule has 38 heavy (non-hydrogen) atoms. The Morgan fingerprint density at radius 1 is 0.974 bits per heavy atom. The van der Waals surface area contributed by atoms with E-state index >= 15 is 0 Å². The van der Waals surface area contributed by atoms with Gasteiger partial charge in [0.1, 0.15) is 5.44 Å². The summed E-state index contributed by atoms with van der Waals surface area (Å²) in [7, 11) is 0. The van der Waals surface area contributed by atoms with E-state index in [0.29, 0.717) is 32.2 Å². The van der Waals surface area contributed by atoms with E-state index in [9.17, 15) is 15.0 Å². The van der Waals surface area contributed by atoms with Crippen molar-refractivity contribution < 1.29 is 24.5 Å². The molecule has 1 aliphatic carbocycles. The monoisotopic (exact) mass is 557 g/mol. The normalized spacial score (nSPS) is 29.2. The Morgan fingerprint density at radius 2 is 1.58 bits per heavy atom. The first-order chi connectivity index (χ1) is 18.2. The van der Waals surface area contributed by atoms with E-state index in [2.05, 4.69) is 20.8 Å². The fourth-order valence-electron chi connectivity index (χ4n) is 6.63. The van der Waals surface area contributed by atoms with Crippen LogP contribution in [-0.2, 0) is 9.47 Å². The number of fused-ring (bicyclic) bond motifs is 1. The van der Waals surface area contributed by atoms with Crippen molar-refractivity contribution in [3.63, 3.8) is 0 Å². The molecular weight excluding hydrogens is 498 g/mol. The van der Waals surface area contributed by atoms with E-state index in [4.69, 9.17) is 9.47 Å². The van der Waals surface area contributed by atoms with Gasteiger partial charge in [0.05, 0.1) is 24.9 Å². The zero-order chi connectivity index (χ0) is 28.0. The van der Waals surface area contributed by atoms with Crippen molar-refractivity contribution >= 4 is 17.9 Å². The molecule has 0 spiro atoms. The smallest absolute Gasteiger partial charge is 0.409 e. The van der Waals surface area contributed by atoms with E-state index in [1.807, 2.05) is 13.8 Å². The van der Waals surface area contributed by atoms with E-state index in [0.717, 1.165) is 50.7 Å². The van der Waals surface area contributed by atoms with E-state index in [1.165, 1.54) is 38.5 Å². The van der Waals surface area contributed by atoms with Crippen LogP contribution in [0.15, 0.2) is 0 Å². The van der Waals surface area contributed by atoms with Crippen LogP contribution in [0.1, 0.15) is 118 Å². The van der Waals surface area contributed by atoms with Crippen molar-refractivity contribution in [2.24, 2.45) is 23.7 Å². The van der Waals surface area contributed by atoms with Crippen molar-refractivity contribution in [1.29, 1.82) is 0 Å². The maximum Gasteiger partial charge on any atom is 0.409 e. The van der Waals surface area contributed by atoms with E-state index < -0.39 is 11.0 Å². The first-order valence-corrected chi connectivity index (χ1v) is 16.8. The topological polar surface area (TPSA) is 79.2 Å². The number of hydrogen-bond acceptors (Lipinski definition) is 6. The van der Waals surface area contributed by atoms with Gasteiger partial charge in [-0.15, -0.1) is 11.8 Å². The predicted octanol–water partition coefficient (Wildman–Crippen LogP) is 7.26. The van der Waals surface area contributed by atoms with Gasteiger partial charge in [0.2, 0.25) is 0 Å². The standard InChI is InChI=1S/C31H59NO5S/c1-6-32(7-2)30(34)36-21-15-13-11-9-8-10-12-14-16-22-38-29(33)26(5)28-19-17-24(3)27-20-18-25(4)37-23-31(27,28)35/h24-29,33,35H,6-23H2,1-5H3/t24-,25+,26-,27+,28+,29+,31-/m1/s1. The number of nitrogens with zero attached hydrogens (tertiary/aromatic N) is 1. The molecule has 0 aromatic rings. The predicted molar refractivity (Wildman–Crippen MR) is 158 cm³/mol. The Bertz CT molecular complexity index is 648. The van der Waals surface area contributed by atoms with Crippen LogP contribution in [0, 0.1) is 23.7 Å². The Kier molecular flexibility index (Phi) is 16.0. The Labute approximate surface area is 238 Å². The average molecular weight is 558 g/mol. The molecule has 0 unspecified atom stereocenters. The third-order valence-electron chi connectivity index (χ3n) is 9.30. The minimum atomic E-state index is -0.806. The molecule has 2 fully saturated rings. The van der Waals surface area contributed by atoms with Crippen molar-refractivity contribution in [3.8, 4) is 0 Å². The summed E-state index contributed by atoms with van der Waals surface area (Å²) in [6.07, 6.45) is 14.9. The van der Waals surface area contributed by atoms with Gasteiger partial charge in [0.15, 0.2) is 0 Å². The summed E-state index contributed by atoms with van der Waals surface area (Å²) in [5, 5.41) is 22.8. The Morgan fingerprint density at radius 3 is 2.21 bits per heavy atom. The average Bonchev–Trinajstić information content (AvgIpc) is 3.06. The molecule has 2 rings (SSSR count). The number of hydrogen-bond donors (Lipinski definition) is 2. The van der Waals surface area contributed by atoms with E-state index in [1.54, 1.807) is 16.7 Å². The molecule has 2 aliphatic rings. The van der Waals surface area contributed by atoms with Gasteiger partial charge in [-0.3, -0.25) is 0 Å². The van der Waals surface area contributed by atoms with Crippen LogP contribution in [0.25, 0.3) is 0 Å². The van der Waals surface area contributed by atoms with Crippen LogP contribution in [0.3, 0.4) is 0 Å². The van der Waals surface area contributed by atoms with Crippen molar-refractivity contribution in [1.82, 2.24) is 4.90 Å². The highest BCUT2D eigenvalue weighted by molar-refractivity contribution is 7.99. The Balaban J connectivity index is 1.52. The maximum absolute atomic E-state index is 11.8. The SMILES string of the molecule is CCN(CC)C(=O)OCCCCCCCCCCCS[C@H](O)[C@H](C)[C@@H]1CC[C@@H](C)[C@@H]2CC[C@H](C)OC[C@]12O. The van der Waals surface area contributed by atoms with Gasteiger partial charge < -0.3 is 24.6 Å². The molecule has 1 saturated heterocycles. The first kappa shape index (κ1) is 33.7. The van der Waals surface area contributed by atoms with Gasteiger partial charge in [-0.2, -0.15) is 0 Å². The molecule has 1 aliphatic heterocycles. The quantitative estimate of drug-likeness (QED) is 0.145. The number of carbonyl (C=O) groups excluding carboxylic acids is 1. The lowest BCUT2D eigenvalue weighted by molar-refractivity contribution is -0.167. The summed E-state index contributed by atoms with van der Waals surface area (Å²) in [5.74, 6) is 1.95. The van der Waals surface area contributed by atoms with Gasteiger partial charge >= 0.3 is 6.09 Å². The lowest BCUT2D eigenvalue weighted by Crippen LogP contribution is -2.56. The molecule has 0 radical (unpaired) electrons. The molecular formula is C31H59NO5S. The zero-order valence-electron chi connectivity index (χ0n) is 25.2. The second-order valence-electron chi connectivity index (χ2n) is 12.0. The number of rotatable bonds is 17. The van der Waals surface area contributed by atoms with Gasteiger partial charge in [-0.05, 0) is 88.7 Å². The number of thioether (sulfide) groups is 1. The molecule has 0 aromatic carbocycles. The second-order valence-corrected chi connectivity index (χ2v) is 13.3. The largest absolute Gasteiger partial charge is 0.449 e. The van der Waals surface area contributed by atoms with E-state index in [-0.39, 0.29) is 30.0 Å². The molecule has 224 valence electrons. The summed E-state index contributed by atoms with van der Waals surface area (Å²) < 4.78 is 11.4. The van der Waals surface area contributed by atoms with Crippen LogP contribution in [0.4, 0.5) is 4.79 Å². The Hall–Kier alpha value is -0.500. The van der Waals surface area contributed by atoms with Crippen LogP contribution < -0.4 is 0 Å². The molecule has 6 nitrogen and oxygen atoms in total. The molecule has 0 aromatic heterocycles. The maximum atomic E-state index is 11.8. The molecule has 0 bridgehead atoms. The number of aliphatic hydroxyl groups is 2. The number of ether oxygens (including phenoxy) is 2. The lowest BCUT2D eigenvalue weighted by atomic mass is 9.60. The fourth-order valence-corrected chi connectivity index (χ4v) is 7.74. The minimum Gasteiger partial charge on any atom is -0.449 e. The molecule has 1 saturated carbocycles. The highest BCUT2D eigenvalue weighted by atomic mass is 32.2. The number of aliphatic hydroxyl groups excluding tert-OH is 1. The highest BCUT2D eigenvalue weighted by Gasteiger charge is 2.53. The number of unbranched alkanes of at least 4 members (excludes halogenated alkanes) is 8. The van der Waals surface area contributed by atoms with Crippen LogP contribution >= 0.6 is 11.8 Å². The summed E-state index contributed by atoms with van der Waals surface area (Å²) in [6, 6.07) is 0. The van der Waals surface area contributed by atoms with Crippen LogP contribution in [0.2, 0.25) is 0 Å². The zero-order valence-corrected chi connectivity index (χ0v) is 26.0. The van der Waals surface area contributed by atoms with Gasteiger partial charge in [0, 0.05) is 13.1 Å². The van der Waals surface area contributed by atoms with Crippen molar-refractivity contribution in [3.05, 3.63) is 0 Å². The lowest BCUT2D eigenvalue weighted by Gasteiger charge is -2.50. The minimum absolute atomic E-state index is 0.0674.